The highest BCUT2D eigenvalue weighted by Crippen LogP contribution is 2.55. The molecule has 3 aromatic heterocycles. The first kappa shape index (κ1) is 35.0. The summed E-state index contributed by atoms with van der Waals surface area (Å²) in [5, 5.41) is 0. The number of piperazine rings is 2. The van der Waals surface area contributed by atoms with Gasteiger partial charge in [0.25, 0.3) is 0 Å². The van der Waals surface area contributed by atoms with Crippen molar-refractivity contribution in [1.82, 2.24) is 29.7 Å². The van der Waals surface area contributed by atoms with Crippen LogP contribution in [-0.2, 0) is 16.2 Å². The average Bonchev–Trinajstić information content (AvgIpc) is 3.07. The van der Waals surface area contributed by atoms with Crippen molar-refractivity contribution in [3.8, 4) is 0 Å². The van der Waals surface area contributed by atoms with E-state index < -0.39 is 5.41 Å². The Morgan fingerprint density at radius 3 is 1.70 bits per heavy atom. The molecule has 0 saturated carbocycles. The van der Waals surface area contributed by atoms with E-state index in [4.69, 9.17) is 15.0 Å². The Bertz CT molecular complexity index is 1420. The van der Waals surface area contributed by atoms with Gasteiger partial charge in [-0.15, -0.1) is 0 Å². The summed E-state index contributed by atoms with van der Waals surface area (Å²) in [5.41, 5.74) is 3.64. The minimum Gasteiger partial charge on any atom is -0.368 e. The molecular formula is C38H59N9. The van der Waals surface area contributed by atoms with Crippen molar-refractivity contribution in [2.24, 2.45) is 0 Å². The van der Waals surface area contributed by atoms with Gasteiger partial charge in [0.2, 0.25) is 0 Å². The lowest BCUT2D eigenvalue weighted by molar-refractivity contribution is 0.157. The van der Waals surface area contributed by atoms with Crippen LogP contribution in [0.4, 0.5) is 17.3 Å². The molecule has 0 aromatic carbocycles. The van der Waals surface area contributed by atoms with Gasteiger partial charge >= 0.3 is 0 Å². The number of pyridine rings is 3. The normalized spacial score (nSPS) is 18.4. The molecule has 5 heterocycles. The molecule has 0 aliphatic carbocycles. The maximum absolute atomic E-state index is 5.20. The van der Waals surface area contributed by atoms with Crippen molar-refractivity contribution >= 4 is 17.3 Å². The second-order valence-corrected chi connectivity index (χ2v) is 15.4. The fourth-order valence-corrected chi connectivity index (χ4v) is 7.41. The predicted octanol–water partition coefficient (Wildman–Crippen LogP) is 4.59. The van der Waals surface area contributed by atoms with E-state index in [1.165, 1.54) is 16.8 Å². The highest BCUT2D eigenvalue weighted by Gasteiger charge is 2.55. The van der Waals surface area contributed by atoms with Crippen LogP contribution in [0, 0.1) is 0 Å². The zero-order chi connectivity index (χ0) is 34.0. The summed E-state index contributed by atoms with van der Waals surface area (Å²) in [6, 6.07) is 13.5. The van der Waals surface area contributed by atoms with E-state index in [2.05, 4.69) is 154 Å². The molecule has 3 aromatic rings. The van der Waals surface area contributed by atoms with Gasteiger partial charge in [-0.25, -0.2) is 9.97 Å². The third kappa shape index (κ3) is 7.13. The van der Waals surface area contributed by atoms with E-state index in [0.717, 1.165) is 82.8 Å². The number of likely N-dealkylation sites (N-methyl/N-ethyl adjacent to an activating group) is 4. The Balaban J connectivity index is 1.51. The van der Waals surface area contributed by atoms with Crippen molar-refractivity contribution in [3.05, 3.63) is 71.8 Å². The maximum atomic E-state index is 5.20. The third-order valence-electron chi connectivity index (χ3n) is 11.7. The van der Waals surface area contributed by atoms with Crippen molar-refractivity contribution in [2.45, 2.75) is 50.9 Å². The lowest BCUT2D eigenvalue weighted by Gasteiger charge is -2.54. The van der Waals surface area contributed by atoms with Crippen molar-refractivity contribution < 1.29 is 0 Å². The highest BCUT2D eigenvalue weighted by molar-refractivity contribution is 5.50. The van der Waals surface area contributed by atoms with Crippen LogP contribution in [0.2, 0.25) is 0 Å². The van der Waals surface area contributed by atoms with Crippen molar-refractivity contribution in [3.63, 3.8) is 0 Å². The van der Waals surface area contributed by atoms with Crippen molar-refractivity contribution in [1.29, 1.82) is 0 Å². The molecule has 2 aliphatic heterocycles. The summed E-state index contributed by atoms with van der Waals surface area (Å²) in [5.74, 6) is 2.05. The molecule has 0 radical (unpaired) electrons. The fraction of sp³-hybridized carbons (Fsp3) is 0.605. The topological polar surface area (TPSA) is 58.1 Å². The lowest BCUT2D eigenvalue weighted by Crippen LogP contribution is -2.55. The number of rotatable bonds is 11. The minimum absolute atomic E-state index is 0.320. The summed E-state index contributed by atoms with van der Waals surface area (Å²) >= 11 is 0. The van der Waals surface area contributed by atoms with Crippen LogP contribution in [0.15, 0.2) is 55.0 Å². The van der Waals surface area contributed by atoms with Gasteiger partial charge in [-0.2, -0.15) is 0 Å². The van der Waals surface area contributed by atoms with E-state index in [-0.39, 0.29) is 10.8 Å². The van der Waals surface area contributed by atoms with Crippen LogP contribution in [0.3, 0.4) is 0 Å². The molecule has 2 aliphatic rings. The molecule has 0 amide bonds. The largest absolute Gasteiger partial charge is 0.368 e. The monoisotopic (exact) mass is 641 g/mol. The molecule has 0 spiro atoms. The first-order valence-electron chi connectivity index (χ1n) is 17.4. The summed E-state index contributed by atoms with van der Waals surface area (Å²) in [7, 11) is 10.7. The Hall–Kier alpha value is -3.27. The molecule has 5 rings (SSSR count). The van der Waals surface area contributed by atoms with Gasteiger partial charge in [0, 0.05) is 107 Å². The second kappa shape index (κ2) is 14.1. The molecule has 256 valence electrons. The molecule has 1 atom stereocenters. The van der Waals surface area contributed by atoms with Gasteiger partial charge < -0.3 is 29.4 Å². The molecular weight excluding hydrogens is 582 g/mol. The Morgan fingerprint density at radius 1 is 0.596 bits per heavy atom. The van der Waals surface area contributed by atoms with Gasteiger partial charge in [0.05, 0.1) is 11.9 Å². The molecule has 1 unspecified atom stereocenters. The van der Waals surface area contributed by atoms with E-state index in [9.17, 15) is 0 Å². The van der Waals surface area contributed by atoms with Gasteiger partial charge in [-0.05, 0) is 63.6 Å². The second-order valence-electron chi connectivity index (χ2n) is 15.4. The Morgan fingerprint density at radius 2 is 1.19 bits per heavy atom. The minimum atomic E-state index is -0.393. The molecule has 9 heteroatoms. The molecule has 0 N–H and O–H groups in total. The van der Waals surface area contributed by atoms with Crippen LogP contribution in [0.5, 0.6) is 0 Å². The number of anilines is 3. The van der Waals surface area contributed by atoms with E-state index >= 15 is 0 Å². The van der Waals surface area contributed by atoms with Gasteiger partial charge in [0.1, 0.15) is 11.6 Å². The van der Waals surface area contributed by atoms with Crippen LogP contribution < -0.4 is 14.7 Å². The summed E-state index contributed by atoms with van der Waals surface area (Å²) in [6.07, 6.45) is 6.31. The SMILES string of the molecule is CN(C)CCN(C)c1ccc(C(C)(C)C(C)(c2ccc(N3CCN(C)CC3)nc2)C(C)(C)c2ccc(N3CCN(C)CC3)cn2)cn1. The first-order valence-corrected chi connectivity index (χ1v) is 17.4. The average molecular weight is 642 g/mol. The van der Waals surface area contributed by atoms with E-state index in [1.54, 1.807) is 0 Å². The van der Waals surface area contributed by atoms with Crippen LogP contribution in [0.25, 0.3) is 0 Å². The lowest BCUT2D eigenvalue weighted by atomic mass is 9.48. The first-order chi connectivity index (χ1) is 22.2. The zero-order valence-electron chi connectivity index (χ0n) is 30.8. The molecule has 0 bridgehead atoms. The van der Waals surface area contributed by atoms with E-state index in [0.29, 0.717) is 0 Å². The molecule has 2 saturated heterocycles. The Kier molecular flexibility index (Phi) is 10.5. The standard InChI is InChI=1S/C38H59N9/c1-36(2,30-11-15-34(40-27-30)45(10)22-17-42(6)7)38(5,31-12-16-35(41-28-31)47-25-20-44(9)21-26-47)37(3,4)33-14-13-32(29-39-33)46-23-18-43(8)19-24-46/h11-16,27-29H,17-26H2,1-10H3. The number of hydrogen-bond acceptors (Lipinski definition) is 9. The maximum Gasteiger partial charge on any atom is 0.128 e. The van der Waals surface area contributed by atoms with Gasteiger partial charge in [0.15, 0.2) is 0 Å². The molecule has 47 heavy (non-hydrogen) atoms. The fourth-order valence-electron chi connectivity index (χ4n) is 7.41. The number of nitrogens with zero attached hydrogens (tertiary/aromatic N) is 9. The molecule has 2 fully saturated rings. The summed E-state index contributed by atoms with van der Waals surface area (Å²) < 4.78 is 0. The highest BCUT2D eigenvalue weighted by atomic mass is 15.3. The van der Waals surface area contributed by atoms with Crippen LogP contribution >= 0.6 is 0 Å². The van der Waals surface area contributed by atoms with Crippen LogP contribution in [0.1, 0.15) is 51.4 Å². The van der Waals surface area contributed by atoms with Gasteiger partial charge in [-0.1, -0.05) is 46.8 Å². The summed E-state index contributed by atoms with van der Waals surface area (Å²) in [4.78, 5) is 29.4. The van der Waals surface area contributed by atoms with Crippen LogP contribution in [-0.4, -0.2) is 130 Å². The van der Waals surface area contributed by atoms with E-state index in [1.807, 2.05) is 0 Å². The smallest absolute Gasteiger partial charge is 0.128 e. The zero-order valence-corrected chi connectivity index (χ0v) is 30.8. The summed E-state index contributed by atoms with van der Waals surface area (Å²) in [6.45, 7) is 22.1. The van der Waals surface area contributed by atoms with Gasteiger partial charge in [-0.3, -0.25) is 4.98 Å². The number of hydrogen-bond donors (Lipinski definition) is 0. The quantitative estimate of drug-likeness (QED) is 0.299. The molecule has 9 nitrogen and oxygen atoms in total. The van der Waals surface area contributed by atoms with Crippen molar-refractivity contribution in [2.75, 3.05) is 115 Å². The third-order valence-corrected chi connectivity index (χ3v) is 11.7. The Labute approximate surface area is 284 Å². The predicted molar refractivity (Wildman–Crippen MR) is 197 cm³/mol. The number of aromatic nitrogens is 3.